The minimum atomic E-state index is 0.111. The first-order valence-electron chi connectivity index (χ1n) is 6.78. The highest BCUT2D eigenvalue weighted by Crippen LogP contribution is 2.28. The molecule has 1 aromatic heterocycles. The summed E-state index contributed by atoms with van der Waals surface area (Å²) in [6.07, 6.45) is 6.57. The van der Waals surface area contributed by atoms with Crippen LogP contribution in [0.4, 0.5) is 0 Å². The first kappa shape index (κ1) is 13.1. The van der Waals surface area contributed by atoms with Gasteiger partial charge in [0.05, 0.1) is 11.8 Å². The van der Waals surface area contributed by atoms with E-state index in [4.69, 9.17) is 0 Å². The summed E-state index contributed by atoms with van der Waals surface area (Å²) in [5.74, 6) is 0.712. The number of nitrogens with zero attached hydrogens (tertiary/aromatic N) is 3. The monoisotopic (exact) mass is 249 g/mol. The molecule has 0 radical (unpaired) electrons. The molecular weight excluding hydrogens is 226 g/mol. The molecule has 0 saturated heterocycles. The van der Waals surface area contributed by atoms with E-state index < -0.39 is 0 Å². The van der Waals surface area contributed by atoms with Crippen molar-refractivity contribution in [1.82, 2.24) is 14.7 Å². The third-order valence-electron chi connectivity index (χ3n) is 4.35. The van der Waals surface area contributed by atoms with Crippen LogP contribution in [0, 0.1) is 12.8 Å². The van der Waals surface area contributed by atoms with Crippen molar-refractivity contribution in [3.05, 3.63) is 17.5 Å². The highest BCUT2D eigenvalue weighted by atomic mass is 16.2. The van der Waals surface area contributed by atoms with E-state index in [-0.39, 0.29) is 5.91 Å². The lowest BCUT2D eigenvalue weighted by molar-refractivity contribution is 0.0628. The molecule has 4 heteroatoms. The second-order valence-electron chi connectivity index (χ2n) is 5.51. The largest absolute Gasteiger partial charge is 0.338 e. The van der Waals surface area contributed by atoms with Gasteiger partial charge in [-0.2, -0.15) is 5.10 Å². The molecular formula is C14H23N3O. The highest BCUT2D eigenvalue weighted by Gasteiger charge is 2.29. The summed E-state index contributed by atoms with van der Waals surface area (Å²) in [6, 6.07) is 0.380. The Morgan fingerprint density at radius 1 is 1.44 bits per heavy atom. The van der Waals surface area contributed by atoms with Crippen molar-refractivity contribution < 1.29 is 4.79 Å². The molecule has 100 valence electrons. The Hall–Kier alpha value is -1.32. The van der Waals surface area contributed by atoms with Crippen molar-refractivity contribution in [2.45, 2.75) is 45.6 Å². The number of hydrogen-bond donors (Lipinski definition) is 0. The standard InChI is InChI=1S/C14H23N3O/c1-10-7-5-6-8-13(10)16(3)14(18)12-9-15-17(4)11(12)2/h9-10,13H,5-8H2,1-4H3/t10-,13+/m0/s1. The van der Waals surface area contributed by atoms with Gasteiger partial charge in [-0.25, -0.2) is 0 Å². The number of aromatic nitrogens is 2. The van der Waals surface area contributed by atoms with Crippen molar-refractivity contribution in [1.29, 1.82) is 0 Å². The number of rotatable bonds is 2. The molecule has 2 rings (SSSR count). The quantitative estimate of drug-likeness (QED) is 0.807. The molecule has 4 nitrogen and oxygen atoms in total. The maximum absolute atomic E-state index is 12.5. The van der Waals surface area contributed by atoms with Crippen LogP contribution in [0.25, 0.3) is 0 Å². The molecule has 1 saturated carbocycles. The molecule has 1 amide bonds. The van der Waals surface area contributed by atoms with E-state index in [1.54, 1.807) is 10.9 Å². The average Bonchev–Trinajstić information content (AvgIpc) is 2.69. The van der Waals surface area contributed by atoms with Crippen LogP contribution in [0.3, 0.4) is 0 Å². The zero-order chi connectivity index (χ0) is 13.3. The predicted octanol–water partition coefficient (Wildman–Crippen LogP) is 2.38. The van der Waals surface area contributed by atoms with E-state index >= 15 is 0 Å². The number of aryl methyl sites for hydroxylation is 1. The zero-order valence-electron chi connectivity index (χ0n) is 11.8. The number of hydrogen-bond acceptors (Lipinski definition) is 2. The number of carbonyl (C=O) groups is 1. The van der Waals surface area contributed by atoms with Crippen LogP contribution < -0.4 is 0 Å². The van der Waals surface area contributed by atoms with Crippen LogP contribution in [0.5, 0.6) is 0 Å². The molecule has 0 unspecified atom stereocenters. The molecule has 1 fully saturated rings. The second-order valence-corrected chi connectivity index (χ2v) is 5.51. The van der Waals surface area contributed by atoms with Gasteiger partial charge in [-0.05, 0) is 25.7 Å². The van der Waals surface area contributed by atoms with Crippen molar-refractivity contribution in [2.24, 2.45) is 13.0 Å². The topological polar surface area (TPSA) is 38.1 Å². The summed E-state index contributed by atoms with van der Waals surface area (Å²) < 4.78 is 1.76. The smallest absolute Gasteiger partial charge is 0.257 e. The maximum Gasteiger partial charge on any atom is 0.257 e. The Bertz CT molecular complexity index is 438. The molecule has 0 N–H and O–H groups in total. The van der Waals surface area contributed by atoms with Gasteiger partial charge in [-0.15, -0.1) is 0 Å². The van der Waals surface area contributed by atoms with Gasteiger partial charge in [-0.1, -0.05) is 19.8 Å². The molecule has 1 aromatic rings. The molecule has 0 spiro atoms. The van der Waals surface area contributed by atoms with Crippen LogP contribution >= 0.6 is 0 Å². The summed E-state index contributed by atoms with van der Waals surface area (Å²) in [7, 11) is 3.80. The van der Waals surface area contributed by atoms with Crippen LogP contribution in [-0.4, -0.2) is 33.7 Å². The Morgan fingerprint density at radius 3 is 2.67 bits per heavy atom. The van der Waals surface area contributed by atoms with Crippen LogP contribution in [0.1, 0.15) is 48.7 Å². The Morgan fingerprint density at radius 2 is 2.11 bits per heavy atom. The fourth-order valence-electron chi connectivity index (χ4n) is 2.92. The normalized spacial score (nSPS) is 24.0. The third-order valence-corrected chi connectivity index (χ3v) is 4.35. The molecule has 0 bridgehead atoms. The minimum absolute atomic E-state index is 0.111. The molecule has 1 aliphatic rings. The van der Waals surface area contributed by atoms with Crippen LogP contribution in [0.15, 0.2) is 6.20 Å². The van der Waals surface area contributed by atoms with Crippen molar-refractivity contribution in [2.75, 3.05) is 7.05 Å². The van der Waals surface area contributed by atoms with E-state index in [1.165, 1.54) is 19.3 Å². The summed E-state index contributed by atoms with van der Waals surface area (Å²) in [4.78, 5) is 14.4. The van der Waals surface area contributed by atoms with Gasteiger partial charge in [-0.3, -0.25) is 9.48 Å². The Labute approximate surface area is 109 Å². The van der Waals surface area contributed by atoms with E-state index in [9.17, 15) is 4.79 Å². The SMILES string of the molecule is Cc1c(C(=O)N(C)[C@@H]2CCCC[C@@H]2C)cnn1C. The molecule has 1 heterocycles. The lowest BCUT2D eigenvalue weighted by Gasteiger charge is -2.36. The summed E-state index contributed by atoms with van der Waals surface area (Å²) in [6.45, 7) is 4.20. The van der Waals surface area contributed by atoms with Crippen molar-refractivity contribution in [3.8, 4) is 0 Å². The van der Waals surface area contributed by atoms with E-state index in [2.05, 4.69) is 12.0 Å². The van der Waals surface area contributed by atoms with E-state index in [0.717, 1.165) is 17.7 Å². The fraction of sp³-hybridized carbons (Fsp3) is 0.714. The lowest BCUT2D eigenvalue weighted by Crippen LogP contribution is -2.42. The summed E-state index contributed by atoms with van der Waals surface area (Å²) in [5.41, 5.74) is 1.67. The first-order chi connectivity index (χ1) is 8.52. The van der Waals surface area contributed by atoms with Gasteiger partial charge in [0.2, 0.25) is 0 Å². The van der Waals surface area contributed by atoms with Crippen molar-refractivity contribution >= 4 is 5.91 Å². The van der Waals surface area contributed by atoms with Gasteiger partial charge in [0.1, 0.15) is 0 Å². The Balaban J connectivity index is 2.15. The minimum Gasteiger partial charge on any atom is -0.338 e. The van der Waals surface area contributed by atoms with Gasteiger partial charge in [0.25, 0.3) is 5.91 Å². The third kappa shape index (κ3) is 2.28. The molecule has 1 aliphatic carbocycles. The number of amides is 1. The Kier molecular flexibility index (Phi) is 3.73. The average molecular weight is 249 g/mol. The summed E-state index contributed by atoms with van der Waals surface area (Å²) in [5, 5.41) is 4.15. The highest BCUT2D eigenvalue weighted by molar-refractivity contribution is 5.95. The second kappa shape index (κ2) is 5.12. The van der Waals surface area contributed by atoms with E-state index in [0.29, 0.717) is 12.0 Å². The van der Waals surface area contributed by atoms with Gasteiger partial charge in [0, 0.05) is 25.8 Å². The molecule has 2 atom stereocenters. The van der Waals surface area contributed by atoms with Gasteiger partial charge < -0.3 is 4.90 Å². The fourth-order valence-corrected chi connectivity index (χ4v) is 2.92. The van der Waals surface area contributed by atoms with Crippen LogP contribution in [0.2, 0.25) is 0 Å². The van der Waals surface area contributed by atoms with Crippen LogP contribution in [-0.2, 0) is 7.05 Å². The molecule has 0 aromatic carbocycles. The number of carbonyl (C=O) groups excluding carboxylic acids is 1. The predicted molar refractivity (Wildman–Crippen MR) is 71.5 cm³/mol. The van der Waals surface area contributed by atoms with E-state index in [1.807, 2.05) is 25.9 Å². The first-order valence-corrected chi connectivity index (χ1v) is 6.78. The molecule has 0 aliphatic heterocycles. The zero-order valence-corrected chi connectivity index (χ0v) is 11.8. The lowest BCUT2D eigenvalue weighted by atomic mass is 9.85. The summed E-state index contributed by atoms with van der Waals surface area (Å²) >= 11 is 0. The van der Waals surface area contributed by atoms with Gasteiger partial charge in [0.15, 0.2) is 0 Å². The van der Waals surface area contributed by atoms with Crippen molar-refractivity contribution in [3.63, 3.8) is 0 Å². The van der Waals surface area contributed by atoms with Gasteiger partial charge >= 0.3 is 0 Å². The molecule has 18 heavy (non-hydrogen) atoms. The maximum atomic E-state index is 12.5.